The summed E-state index contributed by atoms with van der Waals surface area (Å²) in [4.78, 5) is 27.7. The number of nitrogens with one attached hydrogen (secondary N) is 3. The van der Waals surface area contributed by atoms with Gasteiger partial charge in [-0.05, 0) is 48.2 Å². The second-order valence-corrected chi connectivity index (χ2v) is 9.98. The molecule has 0 aliphatic carbocycles. The number of hydrogen-bond donors (Lipinski definition) is 4. The van der Waals surface area contributed by atoms with Gasteiger partial charge in [0.2, 0.25) is 11.8 Å². The van der Waals surface area contributed by atoms with E-state index in [1.54, 1.807) is 6.07 Å². The number of fused-ring (bicyclic) bond motifs is 2. The van der Waals surface area contributed by atoms with E-state index < -0.39 is 5.97 Å². The molecule has 0 saturated heterocycles. The summed E-state index contributed by atoms with van der Waals surface area (Å²) in [5.74, 6) is -0.179. The van der Waals surface area contributed by atoms with Crippen LogP contribution in [0.3, 0.4) is 0 Å². The molecule has 0 spiro atoms. The van der Waals surface area contributed by atoms with Gasteiger partial charge in [-0.3, -0.25) is 9.89 Å². The molecular formula is C31H24N6O4. The first kappa shape index (κ1) is 24.5. The van der Waals surface area contributed by atoms with E-state index in [-0.39, 0.29) is 17.5 Å². The Morgan fingerprint density at radius 2 is 1.80 bits per heavy atom. The molecule has 3 aromatic carbocycles. The van der Waals surface area contributed by atoms with Gasteiger partial charge >= 0.3 is 5.97 Å². The molecule has 4 heterocycles. The van der Waals surface area contributed by atoms with Gasteiger partial charge in [0.05, 0.1) is 17.3 Å². The molecule has 1 aliphatic heterocycles. The molecule has 3 aromatic heterocycles. The lowest BCUT2D eigenvalue weighted by Gasteiger charge is -2.25. The summed E-state index contributed by atoms with van der Waals surface area (Å²) < 4.78 is 5.92. The molecule has 10 heteroatoms. The van der Waals surface area contributed by atoms with Gasteiger partial charge in [0.1, 0.15) is 0 Å². The van der Waals surface area contributed by atoms with Crippen LogP contribution in [-0.2, 0) is 19.3 Å². The SMILES string of the molecule is O=C1NC(c2n[nH]c(CCc3nnc(-c4ccccc4)o3)c2-c2ccc3c(C(=O)O)c[nH]c3c2)Cc2ccccc21. The molecule has 6 aromatic rings. The minimum Gasteiger partial charge on any atom is -0.478 e. The van der Waals surface area contributed by atoms with Crippen molar-refractivity contribution in [2.75, 3.05) is 0 Å². The molecule has 202 valence electrons. The van der Waals surface area contributed by atoms with E-state index in [0.717, 1.165) is 27.9 Å². The highest BCUT2D eigenvalue weighted by Gasteiger charge is 2.30. The maximum Gasteiger partial charge on any atom is 0.337 e. The number of aromatic carboxylic acids is 1. The van der Waals surface area contributed by atoms with Crippen molar-refractivity contribution in [2.24, 2.45) is 0 Å². The van der Waals surface area contributed by atoms with E-state index in [4.69, 9.17) is 9.52 Å². The Bertz CT molecular complexity index is 1920. The van der Waals surface area contributed by atoms with Crippen LogP contribution in [-0.4, -0.2) is 42.4 Å². The lowest BCUT2D eigenvalue weighted by molar-refractivity contribution is 0.0698. The van der Waals surface area contributed by atoms with Gasteiger partial charge in [0.25, 0.3) is 5.91 Å². The monoisotopic (exact) mass is 544 g/mol. The largest absolute Gasteiger partial charge is 0.478 e. The Labute approximate surface area is 233 Å². The Hall–Kier alpha value is -5.51. The third kappa shape index (κ3) is 4.45. The van der Waals surface area contributed by atoms with E-state index in [2.05, 4.69) is 25.6 Å². The first-order valence-electron chi connectivity index (χ1n) is 13.2. The molecule has 0 saturated carbocycles. The second-order valence-electron chi connectivity index (χ2n) is 9.98. The number of carboxylic acid groups (broad SMARTS) is 1. The first-order valence-corrected chi connectivity index (χ1v) is 13.2. The zero-order valence-electron chi connectivity index (χ0n) is 21.7. The number of hydrogen-bond acceptors (Lipinski definition) is 6. The highest BCUT2D eigenvalue weighted by Crippen LogP contribution is 2.36. The summed E-state index contributed by atoms with van der Waals surface area (Å²) in [5.41, 5.74) is 6.64. The lowest BCUT2D eigenvalue weighted by Crippen LogP contribution is -2.35. The Balaban J connectivity index is 1.25. The molecule has 1 unspecified atom stereocenters. The van der Waals surface area contributed by atoms with E-state index >= 15 is 0 Å². The van der Waals surface area contributed by atoms with Crippen LogP contribution in [0.15, 0.2) is 83.4 Å². The topological polar surface area (TPSA) is 150 Å². The van der Waals surface area contributed by atoms with Crippen LogP contribution in [0.25, 0.3) is 33.5 Å². The number of amides is 1. The fourth-order valence-corrected chi connectivity index (χ4v) is 5.48. The van der Waals surface area contributed by atoms with Crippen molar-refractivity contribution in [3.05, 3.63) is 113 Å². The molecule has 0 radical (unpaired) electrons. The number of nitrogens with zero attached hydrogens (tertiary/aromatic N) is 3. The fraction of sp³-hybridized carbons (Fsp3) is 0.129. The lowest BCUT2D eigenvalue weighted by atomic mass is 9.89. The minimum atomic E-state index is -0.994. The minimum absolute atomic E-state index is 0.141. The summed E-state index contributed by atoms with van der Waals surface area (Å²) in [6.07, 6.45) is 3.09. The highest BCUT2D eigenvalue weighted by molar-refractivity contribution is 6.04. The summed E-state index contributed by atoms with van der Waals surface area (Å²) >= 11 is 0. The van der Waals surface area contributed by atoms with E-state index in [1.165, 1.54) is 6.20 Å². The number of benzene rings is 3. The number of carbonyl (C=O) groups is 2. The number of carbonyl (C=O) groups excluding carboxylic acids is 1. The average molecular weight is 545 g/mol. The zero-order chi connectivity index (χ0) is 27.9. The molecule has 1 aliphatic rings. The highest BCUT2D eigenvalue weighted by atomic mass is 16.4. The van der Waals surface area contributed by atoms with Gasteiger partial charge in [0, 0.05) is 45.9 Å². The normalized spacial score (nSPS) is 14.6. The van der Waals surface area contributed by atoms with Crippen LogP contribution in [0.2, 0.25) is 0 Å². The summed E-state index contributed by atoms with van der Waals surface area (Å²) in [7, 11) is 0. The maximum absolute atomic E-state index is 13.0. The van der Waals surface area contributed by atoms with Crippen LogP contribution >= 0.6 is 0 Å². The Morgan fingerprint density at radius 1 is 0.976 bits per heavy atom. The molecule has 0 fully saturated rings. The van der Waals surface area contributed by atoms with E-state index in [9.17, 15) is 14.7 Å². The summed E-state index contributed by atoms with van der Waals surface area (Å²) in [6, 6.07) is 22.4. The smallest absolute Gasteiger partial charge is 0.337 e. The van der Waals surface area contributed by atoms with Crippen LogP contribution < -0.4 is 5.32 Å². The molecule has 0 bridgehead atoms. The molecule has 1 atom stereocenters. The van der Waals surface area contributed by atoms with Gasteiger partial charge in [-0.1, -0.05) is 48.5 Å². The van der Waals surface area contributed by atoms with Crippen LogP contribution in [0, 0.1) is 0 Å². The van der Waals surface area contributed by atoms with Crippen LogP contribution in [0.1, 0.15) is 49.6 Å². The van der Waals surface area contributed by atoms with E-state index in [0.29, 0.717) is 53.2 Å². The number of aryl methyl sites for hydroxylation is 2. The van der Waals surface area contributed by atoms with Crippen molar-refractivity contribution >= 4 is 22.8 Å². The van der Waals surface area contributed by atoms with Gasteiger partial charge < -0.3 is 19.8 Å². The standard InChI is InChI=1S/C31H24N6O4/c38-29-20-9-5-4-8-18(20)14-25(33-29)28-27(19-10-11-21-22(31(39)40)16-32-24(21)15-19)23(34-36-28)12-13-26-35-37-30(41-26)17-6-2-1-3-7-17/h1-11,15-16,25,32H,12-14H2,(H,33,38)(H,34,36)(H,39,40). The van der Waals surface area contributed by atoms with Crippen molar-refractivity contribution in [1.29, 1.82) is 0 Å². The van der Waals surface area contributed by atoms with Crippen LogP contribution in [0.4, 0.5) is 0 Å². The Kier molecular flexibility index (Phi) is 5.93. The quantitative estimate of drug-likeness (QED) is 0.218. The summed E-state index contributed by atoms with van der Waals surface area (Å²) in [5, 5.41) is 29.6. The average Bonchev–Trinajstić information content (AvgIpc) is 3.74. The van der Waals surface area contributed by atoms with Crippen molar-refractivity contribution < 1.29 is 19.1 Å². The predicted molar refractivity (Wildman–Crippen MR) is 150 cm³/mol. The molecule has 7 rings (SSSR count). The number of carboxylic acids is 1. The number of rotatable bonds is 7. The number of aromatic amines is 2. The van der Waals surface area contributed by atoms with E-state index in [1.807, 2.05) is 66.7 Å². The van der Waals surface area contributed by atoms with Crippen molar-refractivity contribution in [2.45, 2.75) is 25.3 Å². The maximum atomic E-state index is 13.0. The van der Waals surface area contributed by atoms with Gasteiger partial charge in [0.15, 0.2) is 0 Å². The molecule has 41 heavy (non-hydrogen) atoms. The third-order valence-corrected chi connectivity index (χ3v) is 7.47. The van der Waals surface area contributed by atoms with Gasteiger partial charge in [-0.25, -0.2) is 4.79 Å². The molecular weight excluding hydrogens is 520 g/mol. The molecule has 4 N–H and O–H groups in total. The third-order valence-electron chi connectivity index (χ3n) is 7.47. The molecule has 1 amide bonds. The number of aromatic nitrogens is 5. The summed E-state index contributed by atoms with van der Waals surface area (Å²) in [6.45, 7) is 0. The predicted octanol–water partition coefficient (Wildman–Crippen LogP) is 5.12. The second kappa shape index (κ2) is 9.91. The van der Waals surface area contributed by atoms with Crippen LogP contribution in [0.5, 0.6) is 0 Å². The molecule has 10 nitrogen and oxygen atoms in total. The Morgan fingerprint density at radius 3 is 2.66 bits per heavy atom. The number of H-pyrrole nitrogens is 2. The first-order chi connectivity index (χ1) is 20.0. The van der Waals surface area contributed by atoms with Gasteiger partial charge in [-0.15, -0.1) is 10.2 Å². The van der Waals surface area contributed by atoms with Gasteiger partial charge in [-0.2, -0.15) is 5.10 Å². The fourth-order valence-electron chi connectivity index (χ4n) is 5.48. The van der Waals surface area contributed by atoms with Crippen molar-refractivity contribution in [3.8, 4) is 22.6 Å². The van der Waals surface area contributed by atoms with Crippen molar-refractivity contribution in [1.82, 2.24) is 30.7 Å². The van der Waals surface area contributed by atoms with Crippen molar-refractivity contribution in [3.63, 3.8) is 0 Å². The zero-order valence-corrected chi connectivity index (χ0v) is 21.7.